The summed E-state index contributed by atoms with van der Waals surface area (Å²) < 4.78 is 11.1. The fourth-order valence-corrected chi connectivity index (χ4v) is 7.86. The first-order valence-corrected chi connectivity index (χ1v) is 23.8. The highest BCUT2D eigenvalue weighted by Gasteiger charge is 2.44. The number of nitrogens with one attached hydrogen (secondary N) is 1. The van der Waals surface area contributed by atoms with Crippen LogP contribution in [0.15, 0.2) is 0 Å². The summed E-state index contributed by atoms with van der Waals surface area (Å²) in [7, 11) is 0. The van der Waals surface area contributed by atoms with Gasteiger partial charge in [-0.3, -0.25) is 4.79 Å². The molecular formula is C46H91NO10. The van der Waals surface area contributed by atoms with Gasteiger partial charge in [0.25, 0.3) is 0 Å². The molecule has 1 amide bonds. The number of aliphatic hydroxyl groups excluding tert-OH is 7. The molecule has 0 aromatic carbocycles. The molecule has 0 radical (unpaired) electrons. The van der Waals surface area contributed by atoms with Crippen molar-refractivity contribution in [2.75, 3.05) is 13.2 Å². The van der Waals surface area contributed by atoms with Crippen molar-refractivity contribution in [2.45, 2.75) is 268 Å². The second-order valence-electron chi connectivity index (χ2n) is 17.7. The first-order chi connectivity index (χ1) is 27.5. The first kappa shape index (κ1) is 54.1. The minimum atomic E-state index is -1.66. The number of ether oxygens (including phenoxy) is 2. The maximum atomic E-state index is 13.1. The SMILES string of the molecule is CCCCCCCCCCCCCCCCCCCCC[C@@H](O)C(=O)N[C@@H](CO[C@@H]1O[C@H](CO)[C@@H](O)[C@H](O)[C@H]1O)[C@H](O)[C@H](O)CCCCCCCCCCC(C)C. The lowest BCUT2D eigenvalue weighted by atomic mass is 9.98. The van der Waals surface area contributed by atoms with E-state index in [1.807, 2.05) is 0 Å². The topological polar surface area (TPSA) is 189 Å². The minimum Gasteiger partial charge on any atom is -0.394 e. The smallest absolute Gasteiger partial charge is 0.249 e. The molecule has 1 aliphatic rings. The average molecular weight is 818 g/mol. The summed E-state index contributed by atoms with van der Waals surface area (Å²) in [6.45, 7) is 5.72. The number of aliphatic hydroxyl groups is 7. The van der Waals surface area contributed by atoms with E-state index in [1.165, 1.54) is 128 Å². The van der Waals surface area contributed by atoms with Gasteiger partial charge in [-0.1, -0.05) is 201 Å². The van der Waals surface area contributed by atoms with Gasteiger partial charge in [-0.05, 0) is 18.8 Å². The molecule has 1 aliphatic heterocycles. The summed E-state index contributed by atoms with van der Waals surface area (Å²) in [6.07, 6.45) is 23.1. The van der Waals surface area contributed by atoms with Crippen LogP contribution in [0, 0.1) is 5.92 Å². The van der Waals surface area contributed by atoms with Gasteiger partial charge in [0.15, 0.2) is 6.29 Å². The average Bonchev–Trinajstić information content (AvgIpc) is 3.20. The lowest BCUT2D eigenvalue weighted by Crippen LogP contribution is -2.60. The molecule has 8 N–H and O–H groups in total. The van der Waals surface area contributed by atoms with Crippen molar-refractivity contribution in [2.24, 2.45) is 5.92 Å². The molecule has 0 aliphatic carbocycles. The molecule has 1 saturated heterocycles. The van der Waals surface area contributed by atoms with Crippen molar-refractivity contribution in [1.82, 2.24) is 5.32 Å². The standard InChI is InChI=1S/C46H91NO10/c1-4-5-6-7-8-9-10-11-12-13-14-15-16-17-18-19-24-27-30-33-39(50)45(55)47-37(35-56-46-44(54)43(53)42(52)40(34-48)57-46)41(51)38(49)32-29-26-23-21-20-22-25-28-31-36(2)3/h36-44,46,48-54H,4-35H2,1-3H3,(H,47,55)/t37-,38+,39+,40+,41-,42+,43-,44+,46+/m0/s1. The quantitative estimate of drug-likeness (QED) is 0.0285. The van der Waals surface area contributed by atoms with Gasteiger partial charge in [0.1, 0.15) is 36.6 Å². The van der Waals surface area contributed by atoms with Crippen LogP contribution in [0.1, 0.15) is 213 Å². The molecule has 1 heterocycles. The van der Waals surface area contributed by atoms with Crippen LogP contribution in [0.2, 0.25) is 0 Å². The normalized spacial score (nSPS) is 22.1. The minimum absolute atomic E-state index is 0.265. The van der Waals surface area contributed by atoms with Gasteiger partial charge in [0.2, 0.25) is 5.91 Å². The van der Waals surface area contributed by atoms with Gasteiger partial charge < -0.3 is 50.5 Å². The zero-order valence-corrected chi connectivity index (χ0v) is 36.8. The molecule has 340 valence electrons. The predicted molar refractivity (Wildman–Crippen MR) is 229 cm³/mol. The molecule has 11 heteroatoms. The van der Waals surface area contributed by atoms with Gasteiger partial charge >= 0.3 is 0 Å². The van der Waals surface area contributed by atoms with E-state index < -0.39 is 74.2 Å². The Labute approximate surface area is 348 Å². The van der Waals surface area contributed by atoms with Crippen LogP contribution < -0.4 is 5.32 Å². The molecule has 11 nitrogen and oxygen atoms in total. The van der Waals surface area contributed by atoms with Crippen LogP contribution in [0.5, 0.6) is 0 Å². The molecule has 0 aromatic heterocycles. The van der Waals surface area contributed by atoms with Crippen LogP contribution in [0.4, 0.5) is 0 Å². The summed E-state index contributed by atoms with van der Waals surface area (Å²) in [5, 5.41) is 75.6. The summed E-state index contributed by atoms with van der Waals surface area (Å²) in [4.78, 5) is 13.1. The number of rotatable bonds is 39. The van der Waals surface area contributed by atoms with Crippen molar-refractivity contribution in [3.63, 3.8) is 0 Å². The molecule has 9 atom stereocenters. The van der Waals surface area contributed by atoms with Crippen LogP contribution >= 0.6 is 0 Å². The van der Waals surface area contributed by atoms with Crippen molar-refractivity contribution < 1.29 is 50.0 Å². The second-order valence-corrected chi connectivity index (χ2v) is 17.7. The van der Waals surface area contributed by atoms with Crippen molar-refractivity contribution >= 4 is 5.91 Å². The van der Waals surface area contributed by atoms with E-state index in [2.05, 4.69) is 26.1 Å². The summed E-state index contributed by atoms with van der Waals surface area (Å²) in [6, 6.07) is -1.16. The maximum Gasteiger partial charge on any atom is 0.249 e. The van der Waals surface area contributed by atoms with E-state index in [1.54, 1.807) is 0 Å². The number of hydrogen-bond donors (Lipinski definition) is 8. The van der Waals surface area contributed by atoms with E-state index in [9.17, 15) is 40.5 Å². The lowest BCUT2D eigenvalue weighted by molar-refractivity contribution is -0.303. The van der Waals surface area contributed by atoms with E-state index >= 15 is 0 Å². The van der Waals surface area contributed by atoms with Crippen molar-refractivity contribution in [1.29, 1.82) is 0 Å². The Bertz CT molecular complexity index is 910. The van der Waals surface area contributed by atoms with Crippen molar-refractivity contribution in [3.05, 3.63) is 0 Å². The lowest BCUT2D eigenvalue weighted by Gasteiger charge is -2.40. The second kappa shape index (κ2) is 35.8. The molecule has 0 bridgehead atoms. The van der Waals surface area contributed by atoms with E-state index in [4.69, 9.17) is 9.47 Å². The highest BCUT2D eigenvalue weighted by molar-refractivity contribution is 5.80. The Morgan fingerprint density at radius 1 is 0.579 bits per heavy atom. The van der Waals surface area contributed by atoms with Crippen molar-refractivity contribution in [3.8, 4) is 0 Å². The highest BCUT2D eigenvalue weighted by Crippen LogP contribution is 2.23. The Balaban J connectivity index is 2.39. The van der Waals surface area contributed by atoms with Gasteiger partial charge in [-0.15, -0.1) is 0 Å². The van der Waals surface area contributed by atoms with Gasteiger partial charge in [-0.25, -0.2) is 0 Å². The third kappa shape index (κ3) is 26.8. The zero-order valence-electron chi connectivity index (χ0n) is 36.8. The summed E-state index contributed by atoms with van der Waals surface area (Å²) in [5.41, 5.74) is 0. The number of amides is 1. The molecule has 1 rings (SSSR count). The number of unbranched alkanes of at least 4 members (excludes halogenated alkanes) is 25. The highest BCUT2D eigenvalue weighted by atomic mass is 16.7. The monoisotopic (exact) mass is 818 g/mol. The zero-order chi connectivity index (χ0) is 42.1. The van der Waals surface area contributed by atoms with Crippen LogP contribution in [-0.4, -0.2) is 110 Å². The summed E-state index contributed by atoms with van der Waals surface area (Å²) >= 11 is 0. The maximum absolute atomic E-state index is 13.1. The van der Waals surface area contributed by atoms with Crippen LogP contribution in [0.3, 0.4) is 0 Å². The predicted octanol–water partition coefficient (Wildman–Crippen LogP) is 7.75. The molecule has 57 heavy (non-hydrogen) atoms. The fraction of sp³-hybridized carbons (Fsp3) is 0.978. The molecule has 0 spiro atoms. The Morgan fingerprint density at radius 2 is 0.982 bits per heavy atom. The summed E-state index contributed by atoms with van der Waals surface area (Å²) in [5.74, 6) is 0.0525. The Kier molecular flexibility index (Phi) is 34.0. The van der Waals surface area contributed by atoms with Crippen LogP contribution in [0.25, 0.3) is 0 Å². The Hall–Kier alpha value is -0.890. The van der Waals surface area contributed by atoms with E-state index in [0.29, 0.717) is 19.3 Å². The van der Waals surface area contributed by atoms with E-state index in [-0.39, 0.29) is 6.42 Å². The third-order valence-electron chi connectivity index (χ3n) is 11.8. The number of hydrogen-bond acceptors (Lipinski definition) is 10. The Morgan fingerprint density at radius 3 is 1.40 bits per heavy atom. The van der Waals surface area contributed by atoms with Gasteiger partial charge in [0.05, 0.1) is 25.4 Å². The molecule has 1 fully saturated rings. The molecule has 0 aromatic rings. The number of carbonyl (C=O) groups is 1. The van der Waals surface area contributed by atoms with Crippen LogP contribution in [-0.2, 0) is 14.3 Å². The largest absolute Gasteiger partial charge is 0.394 e. The third-order valence-corrected chi connectivity index (χ3v) is 11.8. The molecule has 0 saturated carbocycles. The number of carbonyl (C=O) groups excluding carboxylic acids is 1. The molecular weight excluding hydrogens is 727 g/mol. The first-order valence-electron chi connectivity index (χ1n) is 23.8. The molecule has 0 unspecified atom stereocenters. The van der Waals surface area contributed by atoms with E-state index in [0.717, 1.165) is 44.4 Å². The van der Waals surface area contributed by atoms with Gasteiger partial charge in [-0.2, -0.15) is 0 Å². The van der Waals surface area contributed by atoms with Gasteiger partial charge in [0, 0.05) is 0 Å². The fourth-order valence-electron chi connectivity index (χ4n) is 7.86.